The van der Waals surface area contributed by atoms with Crippen LogP contribution < -0.4 is 21.1 Å². The Bertz CT molecular complexity index is 452. The predicted octanol–water partition coefficient (Wildman–Crippen LogP) is -0.470. The molecule has 0 fully saturated rings. The van der Waals surface area contributed by atoms with Crippen molar-refractivity contribution in [2.75, 3.05) is 32.6 Å². The molecular weight excluding hydrogens is 266 g/mol. The minimum Gasteiger partial charge on any atom is -0.356 e. The minimum atomic E-state index is -0.449. The van der Waals surface area contributed by atoms with Crippen LogP contribution in [0, 0.1) is 10.1 Å². The Morgan fingerprint density at radius 1 is 1.42 bits per heavy atom. The molecular formula is C11H18N5O2S+. The zero-order valence-corrected chi connectivity index (χ0v) is 11.7. The van der Waals surface area contributed by atoms with E-state index in [1.807, 2.05) is 14.1 Å². The maximum Gasteiger partial charge on any atom is 0.294 e. The van der Waals surface area contributed by atoms with Crippen LogP contribution in [0.15, 0.2) is 24.3 Å². The van der Waals surface area contributed by atoms with E-state index in [0.717, 1.165) is 13.1 Å². The molecule has 0 spiro atoms. The fourth-order valence-electron chi connectivity index (χ4n) is 1.33. The van der Waals surface area contributed by atoms with Gasteiger partial charge in [0, 0.05) is 6.07 Å². The molecule has 0 aliphatic heterocycles. The van der Waals surface area contributed by atoms with Crippen molar-refractivity contribution in [2.45, 2.75) is 0 Å². The number of hydrogen-bond donors (Lipinski definition) is 4. The van der Waals surface area contributed by atoms with Gasteiger partial charge in [-0.05, 0) is 18.3 Å². The summed E-state index contributed by atoms with van der Waals surface area (Å²) in [7, 11) is 4.09. The molecule has 0 atom stereocenters. The fraction of sp³-hybridized carbons (Fsp3) is 0.364. The van der Waals surface area contributed by atoms with Gasteiger partial charge in [-0.1, -0.05) is 12.1 Å². The summed E-state index contributed by atoms with van der Waals surface area (Å²) in [5.41, 5.74) is 5.82. The van der Waals surface area contributed by atoms with Crippen molar-refractivity contribution in [3.8, 4) is 0 Å². The largest absolute Gasteiger partial charge is 0.356 e. The Labute approximate surface area is 117 Å². The summed E-state index contributed by atoms with van der Waals surface area (Å²) in [6, 6.07) is 6.36. The van der Waals surface area contributed by atoms with E-state index < -0.39 is 4.92 Å². The number of thiocarbonyl (C=S) groups is 1. The summed E-state index contributed by atoms with van der Waals surface area (Å²) in [5.74, 6) is 0. The van der Waals surface area contributed by atoms with Gasteiger partial charge in [-0.2, -0.15) is 0 Å². The maximum absolute atomic E-state index is 10.8. The number of rotatable bonds is 6. The first-order valence-corrected chi connectivity index (χ1v) is 6.24. The average molecular weight is 284 g/mol. The summed E-state index contributed by atoms with van der Waals surface area (Å²) < 4.78 is 0. The fourth-order valence-corrected chi connectivity index (χ4v) is 1.49. The van der Waals surface area contributed by atoms with Crippen LogP contribution in [-0.2, 0) is 0 Å². The highest BCUT2D eigenvalue weighted by molar-refractivity contribution is 7.80. The summed E-state index contributed by atoms with van der Waals surface area (Å²) >= 11 is 5.05. The van der Waals surface area contributed by atoms with Crippen molar-refractivity contribution in [3.63, 3.8) is 0 Å². The lowest BCUT2D eigenvalue weighted by molar-refractivity contribution is -0.856. The molecule has 0 radical (unpaired) electrons. The van der Waals surface area contributed by atoms with Gasteiger partial charge in [-0.15, -0.1) is 0 Å². The van der Waals surface area contributed by atoms with Gasteiger partial charge in [-0.3, -0.25) is 21.0 Å². The molecule has 0 unspecified atom stereocenters. The lowest BCUT2D eigenvalue weighted by Crippen LogP contribution is -3.06. The van der Waals surface area contributed by atoms with Gasteiger partial charge in [0.1, 0.15) is 5.69 Å². The van der Waals surface area contributed by atoms with Gasteiger partial charge in [0.05, 0.1) is 32.1 Å². The number of para-hydroxylation sites is 2. The lowest BCUT2D eigenvalue weighted by Gasteiger charge is -2.13. The monoisotopic (exact) mass is 284 g/mol. The van der Waals surface area contributed by atoms with Gasteiger partial charge in [0.25, 0.3) is 5.69 Å². The number of quaternary nitrogens is 1. The third-order valence-corrected chi connectivity index (χ3v) is 2.57. The number of nitro groups is 1. The number of likely N-dealkylation sites (N-methyl/N-ethyl adjacent to an activating group) is 1. The van der Waals surface area contributed by atoms with E-state index in [1.165, 1.54) is 11.0 Å². The summed E-state index contributed by atoms with van der Waals surface area (Å²) in [6.07, 6.45) is 0. The molecule has 0 saturated heterocycles. The first kappa shape index (κ1) is 15.1. The van der Waals surface area contributed by atoms with E-state index in [0.29, 0.717) is 10.8 Å². The smallest absolute Gasteiger partial charge is 0.294 e. The summed E-state index contributed by atoms with van der Waals surface area (Å²) in [6.45, 7) is 1.65. The number of hydrogen-bond acceptors (Lipinski definition) is 4. The number of nitrogens with zero attached hydrogens (tertiary/aromatic N) is 1. The van der Waals surface area contributed by atoms with Crippen LogP contribution in [-0.4, -0.2) is 37.2 Å². The molecule has 7 nitrogen and oxygen atoms in total. The Hall–Kier alpha value is -1.93. The first-order valence-electron chi connectivity index (χ1n) is 5.83. The van der Waals surface area contributed by atoms with Crippen molar-refractivity contribution in [1.29, 1.82) is 0 Å². The maximum atomic E-state index is 10.8. The standard InChI is InChI=1S/C11H17N5O2S/c1-15(2)8-7-12-11(19)14-13-9-5-3-4-6-10(9)16(17)18/h3-6,13H,7-8H2,1-2H3,(H2,12,14,19)/p+1. The number of nitrogens with one attached hydrogen (secondary N) is 4. The van der Waals surface area contributed by atoms with Gasteiger partial charge < -0.3 is 10.2 Å². The third-order valence-electron chi connectivity index (χ3n) is 2.32. The molecule has 0 aliphatic rings. The third kappa shape index (κ3) is 5.49. The second-order valence-electron chi connectivity index (χ2n) is 4.24. The first-order chi connectivity index (χ1) is 9.00. The van der Waals surface area contributed by atoms with Crippen LogP contribution in [0.1, 0.15) is 0 Å². The predicted molar refractivity (Wildman–Crippen MR) is 78.1 cm³/mol. The summed E-state index contributed by atoms with van der Waals surface area (Å²) in [5, 5.41) is 14.2. The normalized spacial score (nSPS) is 10.1. The molecule has 0 saturated carbocycles. The topological polar surface area (TPSA) is 83.7 Å². The van der Waals surface area contributed by atoms with Crippen molar-refractivity contribution >= 4 is 28.7 Å². The van der Waals surface area contributed by atoms with Crippen LogP contribution in [0.5, 0.6) is 0 Å². The second-order valence-corrected chi connectivity index (χ2v) is 4.65. The quantitative estimate of drug-likeness (QED) is 0.321. The zero-order valence-electron chi connectivity index (χ0n) is 10.9. The Morgan fingerprint density at radius 2 is 2.11 bits per heavy atom. The van der Waals surface area contributed by atoms with E-state index in [2.05, 4.69) is 16.2 Å². The highest BCUT2D eigenvalue weighted by Crippen LogP contribution is 2.21. The number of nitro benzene ring substituents is 1. The van der Waals surface area contributed by atoms with E-state index >= 15 is 0 Å². The Kier molecular flexibility index (Phi) is 5.97. The van der Waals surface area contributed by atoms with Crippen molar-refractivity contribution < 1.29 is 9.82 Å². The molecule has 1 aromatic carbocycles. The second kappa shape index (κ2) is 7.49. The lowest BCUT2D eigenvalue weighted by atomic mass is 10.3. The average Bonchev–Trinajstić information content (AvgIpc) is 2.36. The SMILES string of the molecule is C[NH+](C)CCNC(=S)NNc1ccccc1[N+](=O)[O-]. The van der Waals surface area contributed by atoms with Gasteiger partial charge >= 0.3 is 0 Å². The Morgan fingerprint density at radius 3 is 2.74 bits per heavy atom. The van der Waals surface area contributed by atoms with Gasteiger partial charge in [0.2, 0.25) is 0 Å². The Balaban J connectivity index is 2.44. The highest BCUT2D eigenvalue weighted by Gasteiger charge is 2.11. The molecule has 104 valence electrons. The van der Waals surface area contributed by atoms with Crippen LogP contribution in [0.4, 0.5) is 11.4 Å². The molecule has 4 N–H and O–H groups in total. The van der Waals surface area contributed by atoms with E-state index in [4.69, 9.17) is 12.2 Å². The van der Waals surface area contributed by atoms with E-state index in [1.54, 1.807) is 18.2 Å². The number of anilines is 1. The zero-order chi connectivity index (χ0) is 14.3. The molecule has 0 bridgehead atoms. The van der Waals surface area contributed by atoms with Crippen molar-refractivity contribution in [2.24, 2.45) is 0 Å². The van der Waals surface area contributed by atoms with Gasteiger partial charge in [0.15, 0.2) is 5.11 Å². The molecule has 0 aromatic heterocycles. The van der Waals surface area contributed by atoms with Crippen LogP contribution in [0.3, 0.4) is 0 Å². The van der Waals surface area contributed by atoms with Crippen LogP contribution in [0.25, 0.3) is 0 Å². The highest BCUT2D eigenvalue weighted by atomic mass is 32.1. The van der Waals surface area contributed by atoms with E-state index in [-0.39, 0.29) is 5.69 Å². The van der Waals surface area contributed by atoms with Crippen LogP contribution in [0.2, 0.25) is 0 Å². The molecule has 19 heavy (non-hydrogen) atoms. The molecule has 0 amide bonds. The molecule has 0 heterocycles. The molecule has 0 aliphatic carbocycles. The van der Waals surface area contributed by atoms with E-state index in [9.17, 15) is 10.1 Å². The molecule has 8 heteroatoms. The van der Waals surface area contributed by atoms with Gasteiger partial charge in [-0.25, -0.2) is 0 Å². The minimum absolute atomic E-state index is 0.00413. The van der Waals surface area contributed by atoms with Crippen molar-refractivity contribution in [1.82, 2.24) is 10.7 Å². The molecule has 1 aromatic rings. The number of hydrazine groups is 1. The number of benzene rings is 1. The van der Waals surface area contributed by atoms with Crippen molar-refractivity contribution in [3.05, 3.63) is 34.4 Å². The molecule has 1 rings (SSSR count). The summed E-state index contributed by atoms with van der Waals surface area (Å²) in [4.78, 5) is 11.7. The van der Waals surface area contributed by atoms with Crippen LogP contribution >= 0.6 is 12.2 Å².